The first-order valence-corrected chi connectivity index (χ1v) is 9.44. The number of hydrogen-bond donors (Lipinski definition) is 2. The van der Waals surface area contributed by atoms with Gasteiger partial charge in [0, 0.05) is 28.2 Å². The van der Waals surface area contributed by atoms with Crippen LogP contribution in [0.2, 0.25) is 5.02 Å². The summed E-state index contributed by atoms with van der Waals surface area (Å²) in [6.45, 7) is 1.87. The van der Waals surface area contributed by atoms with E-state index in [-0.39, 0.29) is 29.5 Å². The summed E-state index contributed by atoms with van der Waals surface area (Å²) in [5.41, 5.74) is 2.02. The Morgan fingerprint density at radius 1 is 0.963 bits per heavy atom. The lowest BCUT2D eigenvalue weighted by Gasteiger charge is -2.27. The maximum absolute atomic E-state index is 13.2. The van der Waals surface area contributed by atoms with Gasteiger partial charge >= 0.3 is 0 Å². The summed E-state index contributed by atoms with van der Waals surface area (Å²) in [5, 5.41) is 6.32. The number of hydrogen-bond acceptors (Lipinski definition) is 2. The lowest BCUT2D eigenvalue weighted by Crippen LogP contribution is -2.32. The number of rotatable bonds is 4. The predicted octanol–water partition coefficient (Wildman–Crippen LogP) is 5.17. The third kappa shape index (κ3) is 4.86. The molecule has 1 saturated carbocycles. The number of nitrogens with one attached hydrogen (secondary N) is 2. The Kier molecular flexibility index (Phi) is 6.11. The summed E-state index contributed by atoms with van der Waals surface area (Å²) in [4.78, 5) is 24.9. The summed E-state index contributed by atoms with van der Waals surface area (Å²) < 4.78 is 13.2. The molecule has 3 rings (SSSR count). The van der Waals surface area contributed by atoms with Gasteiger partial charge in [-0.25, -0.2) is 4.39 Å². The average Bonchev–Trinajstić information content (AvgIpc) is 2.65. The highest BCUT2D eigenvalue weighted by molar-refractivity contribution is 6.31. The van der Waals surface area contributed by atoms with E-state index in [4.69, 9.17) is 11.6 Å². The Hall–Kier alpha value is -2.40. The molecule has 4 nitrogen and oxygen atoms in total. The second-order valence-electron chi connectivity index (χ2n) is 6.95. The molecule has 0 spiro atoms. The normalized spacial score (nSPS) is 19.4. The van der Waals surface area contributed by atoms with Crippen LogP contribution in [0, 0.1) is 24.6 Å². The van der Waals surface area contributed by atoms with Crippen molar-refractivity contribution in [3.05, 3.63) is 58.9 Å². The summed E-state index contributed by atoms with van der Waals surface area (Å²) in [6, 6.07) is 11.3. The molecule has 2 aromatic carbocycles. The molecule has 0 aliphatic heterocycles. The highest BCUT2D eigenvalue weighted by atomic mass is 35.5. The van der Waals surface area contributed by atoms with Crippen molar-refractivity contribution in [2.24, 2.45) is 11.8 Å². The Balaban J connectivity index is 1.53. The molecule has 2 N–H and O–H groups in total. The maximum Gasteiger partial charge on any atom is 0.227 e. The van der Waals surface area contributed by atoms with Crippen LogP contribution in [0.3, 0.4) is 0 Å². The lowest BCUT2D eigenvalue weighted by molar-refractivity contribution is -0.125. The number of amides is 2. The zero-order valence-corrected chi connectivity index (χ0v) is 15.9. The zero-order valence-electron chi connectivity index (χ0n) is 15.1. The van der Waals surface area contributed by atoms with Crippen LogP contribution in [0.1, 0.15) is 31.2 Å². The van der Waals surface area contributed by atoms with Crippen molar-refractivity contribution in [2.45, 2.75) is 32.6 Å². The largest absolute Gasteiger partial charge is 0.326 e. The summed E-state index contributed by atoms with van der Waals surface area (Å²) in [7, 11) is 0. The fourth-order valence-electron chi connectivity index (χ4n) is 3.41. The maximum atomic E-state index is 13.2. The second kappa shape index (κ2) is 8.53. The van der Waals surface area contributed by atoms with Gasteiger partial charge < -0.3 is 10.6 Å². The number of carbonyl (C=O) groups is 2. The Morgan fingerprint density at radius 3 is 2.19 bits per heavy atom. The molecule has 6 heteroatoms. The molecule has 0 aromatic heterocycles. The summed E-state index contributed by atoms with van der Waals surface area (Å²) in [5.74, 6) is -0.828. The number of anilines is 2. The Bertz CT molecular complexity index is 848. The van der Waals surface area contributed by atoms with Crippen molar-refractivity contribution in [2.75, 3.05) is 10.6 Å². The van der Waals surface area contributed by atoms with Crippen LogP contribution in [0.5, 0.6) is 0 Å². The molecule has 27 heavy (non-hydrogen) atoms. The number of carbonyl (C=O) groups excluding carboxylic acids is 2. The quantitative estimate of drug-likeness (QED) is 0.758. The van der Waals surface area contributed by atoms with Crippen LogP contribution < -0.4 is 10.6 Å². The first-order valence-electron chi connectivity index (χ1n) is 9.06. The van der Waals surface area contributed by atoms with E-state index in [2.05, 4.69) is 10.6 Å². The second-order valence-corrected chi connectivity index (χ2v) is 7.36. The van der Waals surface area contributed by atoms with Gasteiger partial charge in [-0.3, -0.25) is 9.59 Å². The molecular weight excluding hydrogens is 367 g/mol. The first-order chi connectivity index (χ1) is 12.9. The number of halogens is 2. The molecule has 1 fully saturated rings. The van der Waals surface area contributed by atoms with E-state index < -0.39 is 0 Å². The van der Waals surface area contributed by atoms with Gasteiger partial charge in [0.25, 0.3) is 0 Å². The molecule has 2 amide bonds. The molecule has 0 radical (unpaired) electrons. The van der Waals surface area contributed by atoms with Gasteiger partial charge in [0.2, 0.25) is 11.8 Å². The SMILES string of the molecule is Cc1c(Cl)cccc1NC(=O)C1CCC(C(=O)Nc2cccc(F)c2)CC1. The molecule has 0 atom stereocenters. The number of benzene rings is 2. The van der Waals surface area contributed by atoms with Gasteiger partial charge in [-0.15, -0.1) is 0 Å². The van der Waals surface area contributed by atoms with Crippen molar-refractivity contribution in [1.82, 2.24) is 0 Å². The Labute approximate surface area is 163 Å². The predicted molar refractivity (Wildman–Crippen MR) is 105 cm³/mol. The average molecular weight is 389 g/mol. The molecule has 0 saturated heterocycles. The van der Waals surface area contributed by atoms with Gasteiger partial charge in [-0.1, -0.05) is 23.7 Å². The summed E-state index contributed by atoms with van der Waals surface area (Å²) in [6.07, 6.45) is 2.56. The highest BCUT2D eigenvalue weighted by Crippen LogP contribution is 2.31. The lowest BCUT2D eigenvalue weighted by atomic mass is 9.81. The molecular formula is C21H22ClFN2O2. The monoisotopic (exact) mass is 388 g/mol. The fourth-order valence-corrected chi connectivity index (χ4v) is 3.58. The van der Waals surface area contributed by atoms with E-state index in [1.165, 1.54) is 12.1 Å². The summed E-state index contributed by atoms with van der Waals surface area (Å²) >= 11 is 6.09. The minimum absolute atomic E-state index is 0.0376. The van der Waals surface area contributed by atoms with Gasteiger partial charge in [-0.2, -0.15) is 0 Å². The standard InChI is InChI=1S/C21H22ClFN2O2/c1-13-18(22)6-3-7-19(13)25-21(27)15-10-8-14(9-11-15)20(26)24-17-5-2-4-16(23)12-17/h2-7,12,14-15H,8-11H2,1H3,(H,24,26)(H,25,27). The van der Waals surface area contributed by atoms with Gasteiger partial charge in [-0.05, 0) is 68.5 Å². The fraction of sp³-hybridized carbons (Fsp3) is 0.333. The van der Waals surface area contributed by atoms with E-state index in [1.54, 1.807) is 24.3 Å². The molecule has 1 aliphatic carbocycles. The van der Waals surface area contributed by atoms with E-state index in [9.17, 15) is 14.0 Å². The van der Waals surface area contributed by atoms with Crippen molar-refractivity contribution in [3.8, 4) is 0 Å². The van der Waals surface area contributed by atoms with Crippen LogP contribution in [-0.4, -0.2) is 11.8 Å². The van der Waals surface area contributed by atoms with Crippen molar-refractivity contribution >= 4 is 34.8 Å². The van der Waals surface area contributed by atoms with Gasteiger partial charge in [0.15, 0.2) is 0 Å². The first kappa shape index (κ1) is 19.4. The van der Waals surface area contributed by atoms with Crippen LogP contribution in [-0.2, 0) is 9.59 Å². The van der Waals surface area contributed by atoms with Crippen molar-refractivity contribution < 1.29 is 14.0 Å². The Morgan fingerprint density at radius 2 is 1.56 bits per heavy atom. The van der Waals surface area contributed by atoms with Crippen molar-refractivity contribution in [1.29, 1.82) is 0 Å². The van der Waals surface area contributed by atoms with Crippen LogP contribution in [0.15, 0.2) is 42.5 Å². The van der Waals surface area contributed by atoms with E-state index >= 15 is 0 Å². The molecule has 142 valence electrons. The molecule has 0 heterocycles. The minimum atomic E-state index is -0.385. The van der Waals surface area contributed by atoms with E-state index in [1.807, 2.05) is 13.0 Å². The third-order valence-corrected chi connectivity index (χ3v) is 5.50. The van der Waals surface area contributed by atoms with Gasteiger partial charge in [0.1, 0.15) is 5.82 Å². The van der Waals surface area contributed by atoms with Crippen LogP contribution >= 0.6 is 11.6 Å². The van der Waals surface area contributed by atoms with E-state index in [0.29, 0.717) is 36.4 Å². The molecule has 1 aliphatic rings. The zero-order chi connectivity index (χ0) is 19.4. The van der Waals surface area contributed by atoms with Gasteiger partial charge in [0.05, 0.1) is 0 Å². The third-order valence-electron chi connectivity index (χ3n) is 5.09. The molecule has 2 aromatic rings. The van der Waals surface area contributed by atoms with E-state index in [0.717, 1.165) is 11.3 Å². The highest BCUT2D eigenvalue weighted by Gasteiger charge is 2.30. The van der Waals surface area contributed by atoms with Crippen molar-refractivity contribution in [3.63, 3.8) is 0 Å². The van der Waals surface area contributed by atoms with Crippen LogP contribution in [0.25, 0.3) is 0 Å². The minimum Gasteiger partial charge on any atom is -0.326 e. The smallest absolute Gasteiger partial charge is 0.227 e. The molecule has 0 unspecified atom stereocenters. The molecule has 0 bridgehead atoms. The van der Waals surface area contributed by atoms with Crippen LogP contribution in [0.4, 0.5) is 15.8 Å². The topological polar surface area (TPSA) is 58.2 Å².